The molecule has 0 aliphatic carbocycles. The van der Waals surface area contributed by atoms with Crippen LogP contribution in [0.15, 0.2) is 22.7 Å². The van der Waals surface area contributed by atoms with E-state index in [0.29, 0.717) is 0 Å². The zero-order valence-electron chi connectivity index (χ0n) is 7.30. The first-order valence-electron chi connectivity index (χ1n) is 4.18. The predicted molar refractivity (Wildman–Crippen MR) is 63.3 cm³/mol. The number of anilines is 1. The molecule has 0 radical (unpaired) electrons. The van der Waals surface area contributed by atoms with Crippen LogP contribution in [0.3, 0.4) is 0 Å². The number of nitrogen functional groups attached to an aromatic ring is 1. The molecular weight excluding hydrogens is 246 g/mol. The van der Waals surface area contributed by atoms with Crippen molar-refractivity contribution in [1.29, 1.82) is 0 Å². The van der Waals surface area contributed by atoms with Gasteiger partial charge in [-0.25, -0.2) is 0 Å². The molecule has 0 spiro atoms. The van der Waals surface area contributed by atoms with E-state index in [1.807, 2.05) is 6.07 Å². The van der Waals surface area contributed by atoms with Crippen molar-refractivity contribution < 1.29 is 0 Å². The van der Waals surface area contributed by atoms with E-state index in [2.05, 4.69) is 35.0 Å². The summed E-state index contributed by atoms with van der Waals surface area (Å²) in [4.78, 5) is 0. The second kappa shape index (κ2) is 3.31. The van der Waals surface area contributed by atoms with Crippen molar-refractivity contribution in [3.8, 4) is 0 Å². The Balaban J connectivity index is 2.80. The molecule has 1 aromatic carbocycles. The first-order valence-corrected chi connectivity index (χ1v) is 5.79. The summed E-state index contributed by atoms with van der Waals surface area (Å²) in [5, 5.41) is 2.14. The number of hydrogen-bond acceptors (Lipinski definition) is 2. The predicted octanol–water partition coefficient (Wildman–Crippen LogP) is 3.81. The Kier molecular flexibility index (Phi) is 2.30. The van der Waals surface area contributed by atoms with Crippen molar-refractivity contribution in [1.82, 2.24) is 0 Å². The minimum absolute atomic E-state index is 0.891. The number of rotatable bonds is 1. The number of hydrogen-bond donors (Lipinski definition) is 1. The van der Waals surface area contributed by atoms with Crippen LogP contribution in [0.2, 0.25) is 0 Å². The Morgan fingerprint density at radius 1 is 1.38 bits per heavy atom. The molecule has 2 N–H and O–H groups in total. The lowest BCUT2D eigenvalue weighted by Gasteiger charge is -1.99. The zero-order valence-corrected chi connectivity index (χ0v) is 9.71. The van der Waals surface area contributed by atoms with Gasteiger partial charge in [-0.3, -0.25) is 0 Å². The zero-order chi connectivity index (χ0) is 9.42. The topological polar surface area (TPSA) is 26.0 Å². The van der Waals surface area contributed by atoms with Crippen molar-refractivity contribution in [3.05, 3.63) is 28.2 Å². The second-order valence-electron chi connectivity index (χ2n) is 2.99. The number of halogens is 1. The summed E-state index contributed by atoms with van der Waals surface area (Å²) in [7, 11) is 0. The summed E-state index contributed by atoms with van der Waals surface area (Å²) >= 11 is 5.17. The van der Waals surface area contributed by atoms with E-state index in [1.165, 1.54) is 15.6 Å². The molecule has 2 rings (SSSR count). The molecule has 3 heteroatoms. The second-order valence-corrected chi connectivity index (χ2v) is 4.99. The molecule has 68 valence electrons. The first kappa shape index (κ1) is 9.03. The molecule has 0 atom stereocenters. The van der Waals surface area contributed by atoms with E-state index in [0.717, 1.165) is 15.9 Å². The molecule has 1 aromatic heterocycles. The minimum Gasteiger partial charge on any atom is -0.391 e. The third kappa shape index (κ3) is 1.58. The van der Waals surface area contributed by atoms with Crippen molar-refractivity contribution >= 4 is 42.4 Å². The Bertz CT molecular complexity index is 447. The molecule has 1 nitrogen and oxygen atoms in total. The summed E-state index contributed by atoms with van der Waals surface area (Å²) < 4.78 is 2.46. The van der Waals surface area contributed by atoms with Gasteiger partial charge in [-0.15, -0.1) is 11.3 Å². The van der Waals surface area contributed by atoms with Gasteiger partial charge < -0.3 is 5.73 Å². The number of nitrogens with two attached hydrogens (primary N) is 1. The van der Waals surface area contributed by atoms with Gasteiger partial charge in [0.1, 0.15) is 0 Å². The quantitative estimate of drug-likeness (QED) is 0.824. The highest BCUT2D eigenvalue weighted by molar-refractivity contribution is 9.10. The van der Waals surface area contributed by atoms with E-state index in [-0.39, 0.29) is 0 Å². The Morgan fingerprint density at radius 2 is 2.15 bits per heavy atom. The fraction of sp³-hybridized carbons (Fsp3) is 0.200. The SMILES string of the molecule is CCc1cc(Br)cc2cc(N)sc12. The van der Waals surface area contributed by atoms with Crippen LogP contribution in [0, 0.1) is 0 Å². The van der Waals surface area contributed by atoms with Crippen LogP contribution in [0.4, 0.5) is 5.00 Å². The van der Waals surface area contributed by atoms with Crippen LogP contribution >= 0.6 is 27.3 Å². The summed E-state index contributed by atoms with van der Waals surface area (Å²) in [5.41, 5.74) is 7.13. The van der Waals surface area contributed by atoms with Gasteiger partial charge >= 0.3 is 0 Å². The minimum atomic E-state index is 0.891. The molecule has 0 fully saturated rings. The normalized spacial score (nSPS) is 10.9. The van der Waals surface area contributed by atoms with Gasteiger partial charge in [-0.2, -0.15) is 0 Å². The van der Waals surface area contributed by atoms with E-state index in [1.54, 1.807) is 11.3 Å². The molecule has 0 bridgehead atoms. The van der Waals surface area contributed by atoms with Crippen LogP contribution in [0.5, 0.6) is 0 Å². The molecule has 0 amide bonds. The summed E-state index contributed by atoms with van der Waals surface area (Å²) in [5.74, 6) is 0. The highest BCUT2D eigenvalue weighted by Gasteiger charge is 2.04. The summed E-state index contributed by atoms with van der Waals surface area (Å²) in [6, 6.07) is 6.31. The van der Waals surface area contributed by atoms with Crippen LogP contribution in [-0.4, -0.2) is 0 Å². The standard InChI is InChI=1S/C10H10BrNS/c1-2-6-3-8(11)4-7-5-9(12)13-10(6)7/h3-5H,2,12H2,1H3. The van der Waals surface area contributed by atoms with Crippen LogP contribution in [0.1, 0.15) is 12.5 Å². The molecular formula is C10H10BrNS. The van der Waals surface area contributed by atoms with Crippen molar-refractivity contribution in [2.24, 2.45) is 0 Å². The first-order chi connectivity index (χ1) is 6.20. The van der Waals surface area contributed by atoms with Gasteiger partial charge in [0, 0.05) is 9.17 Å². The van der Waals surface area contributed by atoms with Gasteiger partial charge in [0.25, 0.3) is 0 Å². The van der Waals surface area contributed by atoms with Gasteiger partial charge in [0.15, 0.2) is 0 Å². The maximum atomic E-state index is 5.77. The van der Waals surface area contributed by atoms with Crippen molar-refractivity contribution in [2.45, 2.75) is 13.3 Å². The highest BCUT2D eigenvalue weighted by Crippen LogP contribution is 2.33. The Hall–Kier alpha value is -0.540. The lowest BCUT2D eigenvalue weighted by molar-refractivity contribution is 1.16. The maximum Gasteiger partial charge on any atom is 0.0868 e. The number of thiophene rings is 1. The number of benzene rings is 1. The third-order valence-corrected chi connectivity index (χ3v) is 3.57. The van der Waals surface area contributed by atoms with Crippen molar-refractivity contribution in [2.75, 3.05) is 5.73 Å². The van der Waals surface area contributed by atoms with E-state index >= 15 is 0 Å². The fourth-order valence-electron chi connectivity index (χ4n) is 1.47. The summed E-state index contributed by atoms with van der Waals surface area (Å²) in [6.45, 7) is 2.16. The van der Waals surface area contributed by atoms with Gasteiger partial charge in [0.05, 0.1) is 5.00 Å². The van der Waals surface area contributed by atoms with Gasteiger partial charge in [0.2, 0.25) is 0 Å². The van der Waals surface area contributed by atoms with Crippen LogP contribution in [0.25, 0.3) is 10.1 Å². The third-order valence-electron chi connectivity index (χ3n) is 2.06. The fourth-order valence-corrected chi connectivity index (χ4v) is 2.98. The van der Waals surface area contributed by atoms with Gasteiger partial charge in [-0.05, 0) is 35.6 Å². The average Bonchev–Trinajstić information content (AvgIpc) is 2.43. The molecule has 0 unspecified atom stereocenters. The average molecular weight is 256 g/mol. The van der Waals surface area contributed by atoms with Gasteiger partial charge in [-0.1, -0.05) is 22.9 Å². The van der Waals surface area contributed by atoms with E-state index < -0.39 is 0 Å². The number of aryl methyl sites for hydroxylation is 1. The Morgan fingerprint density at radius 3 is 2.85 bits per heavy atom. The van der Waals surface area contributed by atoms with Crippen LogP contribution < -0.4 is 5.73 Å². The molecule has 0 saturated carbocycles. The lowest BCUT2D eigenvalue weighted by atomic mass is 10.1. The summed E-state index contributed by atoms with van der Waals surface area (Å²) in [6.07, 6.45) is 1.05. The van der Waals surface area contributed by atoms with Crippen molar-refractivity contribution in [3.63, 3.8) is 0 Å². The highest BCUT2D eigenvalue weighted by atomic mass is 79.9. The lowest BCUT2D eigenvalue weighted by Crippen LogP contribution is -1.79. The molecule has 2 aromatic rings. The smallest absolute Gasteiger partial charge is 0.0868 e. The number of fused-ring (bicyclic) bond motifs is 1. The Labute approximate surface area is 89.7 Å². The van der Waals surface area contributed by atoms with E-state index in [9.17, 15) is 0 Å². The molecule has 1 heterocycles. The largest absolute Gasteiger partial charge is 0.391 e. The maximum absolute atomic E-state index is 5.77. The van der Waals surface area contributed by atoms with E-state index in [4.69, 9.17) is 5.73 Å². The molecule has 13 heavy (non-hydrogen) atoms. The molecule has 0 saturated heterocycles. The van der Waals surface area contributed by atoms with Crippen LogP contribution in [-0.2, 0) is 6.42 Å². The molecule has 0 aliphatic heterocycles. The monoisotopic (exact) mass is 255 g/mol. The molecule has 0 aliphatic rings.